The molecule has 4 rings (SSSR count). The van der Waals surface area contributed by atoms with Crippen LogP contribution in [0.3, 0.4) is 0 Å². The zero-order chi connectivity index (χ0) is 21.7. The first-order valence-electron chi connectivity index (χ1n) is 9.12. The SMILES string of the molecule is CC1(C)c2ccccc2N(c2ccccc2)c2cc(OS(=O)(=O)C(F)(F)F)ccc21. The van der Waals surface area contributed by atoms with Gasteiger partial charge in [0.25, 0.3) is 0 Å². The predicted molar refractivity (Wildman–Crippen MR) is 109 cm³/mol. The maximum Gasteiger partial charge on any atom is 0.534 e. The molecular formula is C22H18F3NO3S. The molecule has 0 bridgehead atoms. The predicted octanol–water partition coefficient (Wildman–Crippen LogP) is 6.02. The molecule has 156 valence electrons. The van der Waals surface area contributed by atoms with Crippen LogP contribution < -0.4 is 9.08 Å². The number of hydrogen-bond acceptors (Lipinski definition) is 4. The van der Waals surface area contributed by atoms with Gasteiger partial charge in [0.15, 0.2) is 0 Å². The molecule has 0 N–H and O–H groups in total. The van der Waals surface area contributed by atoms with Crippen molar-refractivity contribution in [3.63, 3.8) is 0 Å². The average Bonchev–Trinajstić information content (AvgIpc) is 2.68. The Hall–Kier alpha value is -3.00. The first-order chi connectivity index (χ1) is 14.0. The summed E-state index contributed by atoms with van der Waals surface area (Å²) in [6, 6.07) is 21.3. The molecule has 0 saturated carbocycles. The van der Waals surface area contributed by atoms with Gasteiger partial charge in [0.1, 0.15) is 5.75 Å². The van der Waals surface area contributed by atoms with E-state index in [-0.39, 0.29) is 0 Å². The molecule has 0 atom stereocenters. The van der Waals surface area contributed by atoms with E-state index < -0.39 is 26.8 Å². The molecule has 1 heterocycles. The van der Waals surface area contributed by atoms with Crippen LogP contribution >= 0.6 is 0 Å². The second kappa shape index (κ2) is 6.77. The zero-order valence-electron chi connectivity index (χ0n) is 16.1. The molecule has 0 fully saturated rings. The van der Waals surface area contributed by atoms with Crippen LogP contribution in [0.5, 0.6) is 5.75 Å². The normalized spacial score (nSPS) is 15.3. The fraction of sp³-hybridized carbons (Fsp3) is 0.182. The molecule has 0 spiro atoms. The summed E-state index contributed by atoms with van der Waals surface area (Å²) in [5.74, 6) is -0.401. The summed E-state index contributed by atoms with van der Waals surface area (Å²) in [5.41, 5.74) is -1.89. The van der Waals surface area contributed by atoms with Gasteiger partial charge >= 0.3 is 15.6 Å². The fourth-order valence-electron chi connectivity index (χ4n) is 3.78. The number of para-hydroxylation sites is 2. The monoisotopic (exact) mass is 433 g/mol. The molecule has 0 aromatic heterocycles. The number of benzene rings is 3. The Balaban J connectivity index is 1.93. The van der Waals surface area contributed by atoms with Crippen LogP contribution in [0.25, 0.3) is 0 Å². The number of alkyl halides is 3. The zero-order valence-corrected chi connectivity index (χ0v) is 17.0. The number of rotatable bonds is 3. The Labute approximate surface area is 172 Å². The highest BCUT2D eigenvalue weighted by Gasteiger charge is 2.48. The lowest BCUT2D eigenvalue weighted by Crippen LogP contribution is -2.31. The van der Waals surface area contributed by atoms with Crippen LogP contribution in [0, 0.1) is 0 Å². The van der Waals surface area contributed by atoms with E-state index in [9.17, 15) is 21.6 Å². The molecule has 0 radical (unpaired) electrons. The van der Waals surface area contributed by atoms with Crippen molar-refractivity contribution in [3.05, 3.63) is 83.9 Å². The molecule has 30 heavy (non-hydrogen) atoms. The van der Waals surface area contributed by atoms with Crippen LogP contribution in [0.4, 0.5) is 30.2 Å². The number of nitrogens with zero attached hydrogens (tertiary/aromatic N) is 1. The van der Waals surface area contributed by atoms with Crippen molar-refractivity contribution in [3.8, 4) is 5.75 Å². The maximum atomic E-state index is 12.8. The Bertz CT molecular complexity index is 1210. The van der Waals surface area contributed by atoms with E-state index in [1.165, 1.54) is 12.1 Å². The van der Waals surface area contributed by atoms with Crippen molar-refractivity contribution in [2.75, 3.05) is 4.90 Å². The molecule has 0 aliphatic carbocycles. The van der Waals surface area contributed by atoms with E-state index in [1.807, 2.05) is 73.3 Å². The smallest absolute Gasteiger partial charge is 0.376 e. The lowest BCUT2D eigenvalue weighted by Gasteiger charge is -2.42. The summed E-state index contributed by atoms with van der Waals surface area (Å²) in [7, 11) is -5.77. The van der Waals surface area contributed by atoms with Gasteiger partial charge in [-0.05, 0) is 35.4 Å². The van der Waals surface area contributed by atoms with Gasteiger partial charge in [0.2, 0.25) is 0 Å². The van der Waals surface area contributed by atoms with Crippen LogP contribution in [0.15, 0.2) is 72.8 Å². The summed E-state index contributed by atoms with van der Waals surface area (Å²) in [6.45, 7) is 4.03. The maximum absolute atomic E-state index is 12.8. The summed E-state index contributed by atoms with van der Waals surface area (Å²) in [4.78, 5) is 1.89. The molecule has 3 aromatic rings. The Morgan fingerprint density at radius 1 is 0.833 bits per heavy atom. The standard InChI is InChI=1S/C22H18F3NO3S/c1-21(2)17-10-6-7-11-19(17)26(15-8-4-3-5-9-15)20-14-16(12-13-18(20)21)29-30(27,28)22(23,24)25/h3-14H,1-2H3. The third kappa shape index (κ3) is 3.21. The van der Waals surface area contributed by atoms with Crippen molar-refractivity contribution in [2.45, 2.75) is 24.8 Å². The minimum absolute atomic E-state index is 0.401. The molecule has 0 saturated heterocycles. The number of halogens is 3. The van der Waals surface area contributed by atoms with Crippen molar-refractivity contribution in [1.29, 1.82) is 0 Å². The van der Waals surface area contributed by atoms with Crippen molar-refractivity contribution in [2.24, 2.45) is 0 Å². The Morgan fingerprint density at radius 3 is 2.10 bits per heavy atom. The fourth-order valence-corrected chi connectivity index (χ4v) is 4.23. The van der Waals surface area contributed by atoms with Crippen molar-refractivity contribution < 1.29 is 25.8 Å². The molecule has 1 aliphatic heterocycles. The molecule has 4 nitrogen and oxygen atoms in total. The first kappa shape index (κ1) is 20.3. The lowest BCUT2D eigenvalue weighted by molar-refractivity contribution is -0.0500. The van der Waals surface area contributed by atoms with Gasteiger partial charge in [-0.1, -0.05) is 56.3 Å². The van der Waals surface area contributed by atoms with Crippen LogP contribution in [0.1, 0.15) is 25.0 Å². The largest absolute Gasteiger partial charge is 0.534 e. The average molecular weight is 433 g/mol. The summed E-state index contributed by atoms with van der Waals surface area (Å²) < 4.78 is 65.8. The highest BCUT2D eigenvalue weighted by atomic mass is 32.2. The highest BCUT2D eigenvalue weighted by molar-refractivity contribution is 7.88. The molecule has 1 aliphatic rings. The highest BCUT2D eigenvalue weighted by Crippen LogP contribution is 2.52. The summed E-state index contributed by atoms with van der Waals surface area (Å²) >= 11 is 0. The summed E-state index contributed by atoms with van der Waals surface area (Å²) in [6.07, 6.45) is 0. The van der Waals surface area contributed by atoms with Gasteiger partial charge in [-0.3, -0.25) is 0 Å². The number of hydrogen-bond donors (Lipinski definition) is 0. The summed E-state index contributed by atoms with van der Waals surface area (Å²) in [5, 5.41) is 0. The molecule has 0 unspecified atom stereocenters. The van der Waals surface area contributed by atoms with Gasteiger partial charge in [-0.2, -0.15) is 21.6 Å². The molecule has 0 amide bonds. The third-order valence-electron chi connectivity index (χ3n) is 5.21. The first-order valence-corrected chi connectivity index (χ1v) is 10.5. The minimum atomic E-state index is -5.77. The molecular weight excluding hydrogens is 415 g/mol. The van der Waals surface area contributed by atoms with Crippen LogP contribution in [-0.4, -0.2) is 13.9 Å². The van der Waals surface area contributed by atoms with Gasteiger partial charge in [-0.15, -0.1) is 0 Å². The van der Waals surface area contributed by atoms with E-state index >= 15 is 0 Å². The van der Waals surface area contributed by atoms with E-state index in [0.717, 1.165) is 22.5 Å². The number of fused-ring (bicyclic) bond motifs is 2. The quantitative estimate of drug-likeness (QED) is 0.374. The van der Waals surface area contributed by atoms with E-state index in [4.69, 9.17) is 0 Å². The lowest BCUT2D eigenvalue weighted by atomic mass is 9.73. The van der Waals surface area contributed by atoms with Gasteiger partial charge in [-0.25, -0.2) is 0 Å². The molecule has 8 heteroatoms. The van der Waals surface area contributed by atoms with Crippen LogP contribution in [0.2, 0.25) is 0 Å². The topological polar surface area (TPSA) is 46.6 Å². The second-order valence-corrected chi connectivity index (χ2v) is 9.01. The van der Waals surface area contributed by atoms with Gasteiger partial charge in [0, 0.05) is 17.2 Å². The number of anilines is 3. The second-order valence-electron chi connectivity index (χ2n) is 7.48. The Kier molecular flexibility index (Phi) is 4.58. The van der Waals surface area contributed by atoms with Gasteiger partial charge < -0.3 is 9.08 Å². The van der Waals surface area contributed by atoms with Crippen LogP contribution in [-0.2, 0) is 15.5 Å². The van der Waals surface area contributed by atoms with Crippen molar-refractivity contribution >= 4 is 27.2 Å². The third-order valence-corrected chi connectivity index (χ3v) is 6.18. The van der Waals surface area contributed by atoms with E-state index in [0.29, 0.717) is 5.69 Å². The Morgan fingerprint density at radius 2 is 1.43 bits per heavy atom. The van der Waals surface area contributed by atoms with E-state index in [2.05, 4.69) is 4.18 Å². The molecule has 3 aromatic carbocycles. The minimum Gasteiger partial charge on any atom is -0.376 e. The van der Waals surface area contributed by atoms with Gasteiger partial charge in [0.05, 0.1) is 11.4 Å². The van der Waals surface area contributed by atoms with E-state index in [1.54, 1.807) is 6.07 Å². The van der Waals surface area contributed by atoms with Crippen molar-refractivity contribution in [1.82, 2.24) is 0 Å².